The number of benzene rings is 3. The molecule has 20 heavy (non-hydrogen) atoms. The summed E-state index contributed by atoms with van der Waals surface area (Å²) >= 11 is 12.2. The fraction of sp³-hybridized carbons (Fsp3) is 0.111. The van der Waals surface area contributed by atoms with Crippen molar-refractivity contribution in [2.45, 2.75) is 12.3 Å². The minimum absolute atomic E-state index is 0.516. The molecule has 0 radical (unpaired) electrons. The second kappa shape index (κ2) is 5.87. The Morgan fingerprint density at radius 3 is 2.30 bits per heavy atom. The average Bonchev–Trinajstić information content (AvgIpc) is 2.49. The molecule has 0 saturated heterocycles. The molecule has 0 aliphatic carbocycles. The molecule has 0 aromatic heterocycles. The van der Waals surface area contributed by atoms with Crippen LogP contribution in [0.4, 0.5) is 0 Å². The van der Waals surface area contributed by atoms with Crippen molar-refractivity contribution in [1.29, 1.82) is 0 Å². The molecule has 0 spiro atoms. The van der Waals surface area contributed by atoms with E-state index >= 15 is 0 Å². The van der Waals surface area contributed by atoms with Crippen LogP contribution in [0.25, 0.3) is 10.8 Å². The molecule has 0 heterocycles. The number of hydrogen-bond donors (Lipinski definition) is 0. The van der Waals surface area contributed by atoms with Crippen molar-refractivity contribution in [3.63, 3.8) is 0 Å². The van der Waals surface area contributed by atoms with Gasteiger partial charge in [0.15, 0.2) is 0 Å². The Morgan fingerprint density at radius 2 is 1.50 bits per heavy atom. The fourth-order valence-electron chi connectivity index (χ4n) is 2.42. The molecule has 3 aromatic rings. The molecular formula is C18H14Cl2. The van der Waals surface area contributed by atoms with Gasteiger partial charge in [0, 0.05) is 10.9 Å². The van der Waals surface area contributed by atoms with Gasteiger partial charge < -0.3 is 0 Å². The first kappa shape index (κ1) is 13.5. The highest BCUT2D eigenvalue weighted by Gasteiger charge is 2.04. The summed E-state index contributed by atoms with van der Waals surface area (Å²) in [6, 6.07) is 20.9. The maximum atomic E-state index is 6.28. The number of alkyl halides is 1. The van der Waals surface area contributed by atoms with E-state index in [1.807, 2.05) is 12.1 Å². The molecular weight excluding hydrogens is 287 g/mol. The second-order valence-corrected chi connectivity index (χ2v) is 5.59. The Bertz CT molecular complexity index is 747. The van der Waals surface area contributed by atoms with E-state index in [0.29, 0.717) is 5.88 Å². The van der Waals surface area contributed by atoms with Gasteiger partial charge in [0.2, 0.25) is 0 Å². The van der Waals surface area contributed by atoms with Gasteiger partial charge in [-0.15, -0.1) is 11.6 Å². The van der Waals surface area contributed by atoms with Crippen LogP contribution in [0.1, 0.15) is 16.7 Å². The smallest absolute Gasteiger partial charge is 0.0474 e. The van der Waals surface area contributed by atoms with Crippen molar-refractivity contribution >= 4 is 34.0 Å². The van der Waals surface area contributed by atoms with Crippen LogP contribution in [0.15, 0.2) is 60.7 Å². The van der Waals surface area contributed by atoms with E-state index in [1.165, 1.54) is 16.3 Å². The monoisotopic (exact) mass is 300 g/mol. The molecule has 3 rings (SSSR count). The van der Waals surface area contributed by atoms with Crippen molar-refractivity contribution in [2.75, 3.05) is 0 Å². The van der Waals surface area contributed by atoms with Crippen molar-refractivity contribution in [1.82, 2.24) is 0 Å². The molecule has 0 unspecified atom stereocenters. The van der Waals surface area contributed by atoms with Gasteiger partial charge in [-0.05, 0) is 39.9 Å². The third-order valence-electron chi connectivity index (χ3n) is 3.47. The van der Waals surface area contributed by atoms with Crippen LogP contribution in [0.2, 0.25) is 5.02 Å². The Hall–Kier alpha value is -1.50. The van der Waals surface area contributed by atoms with Crippen LogP contribution in [0.3, 0.4) is 0 Å². The predicted molar refractivity (Wildman–Crippen MR) is 87.8 cm³/mol. The van der Waals surface area contributed by atoms with E-state index in [1.54, 1.807) is 0 Å². The van der Waals surface area contributed by atoms with E-state index < -0.39 is 0 Å². The van der Waals surface area contributed by atoms with Crippen LogP contribution in [0, 0.1) is 0 Å². The van der Waals surface area contributed by atoms with Gasteiger partial charge in [0.25, 0.3) is 0 Å². The van der Waals surface area contributed by atoms with Crippen LogP contribution in [0.5, 0.6) is 0 Å². The van der Waals surface area contributed by atoms with E-state index in [2.05, 4.69) is 48.5 Å². The predicted octanol–water partition coefficient (Wildman–Crippen LogP) is 5.82. The lowest BCUT2D eigenvalue weighted by molar-refractivity contribution is 1.18. The Balaban J connectivity index is 1.96. The second-order valence-electron chi connectivity index (χ2n) is 4.92. The Morgan fingerprint density at radius 1 is 0.750 bits per heavy atom. The van der Waals surface area contributed by atoms with E-state index in [-0.39, 0.29) is 0 Å². The topological polar surface area (TPSA) is 0 Å². The lowest BCUT2D eigenvalue weighted by Gasteiger charge is -2.08. The first-order chi connectivity index (χ1) is 9.76. The summed E-state index contributed by atoms with van der Waals surface area (Å²) in [6.07, 6.45) is 0.828. The van der Waals surface area contributed by atoms with Crippen molar-refractivity contribution in [3.05, 3.63) is 82.4 Å². The lowest BCUT2D eigenvalue weighted by atomic mass is 10.00. The highest BCUT2D eigenvalue weighted by Crippen LogP contribution is 2.23. The van der Waals surface area contributed by atoms with Crippen LogP contribution < -0.4 is 0 Å². The highest BCUT2D eigenvalue weighted by atomic mass is 35.5. The van der Waals surface area contributed by atoms with Gasteiger partial charge in [0.1, 0.15) is 0 Å². The minimum Gasteiger partial charge on any atom is -0.122 e. The molecule has 0 fully saturated rings. The summed E-state index contributed by atoms with van der Waals surface area (Å²) in [7, 11) is 0. The SMILES string of the molecule is ClCc1ccc(Cl)c(Cc2ccc3ccccc3c2)c1. The number of hydrogen-bond acceptors (Lipinski definition) is 0. The fourth-order valence-corrected chi connectivity index (χ4v) is 2.77. The normalized spacial score (nSPS) is 10.9. The zero-order chi connectivity index (χ0) is 13.9. The standard InChI is InChI=1S/C18H14Cl2/c19-12-14-6-8-18(20)17(11-14)10-13-5-7-15-3-1-2-4-16(15)9-13/h1-9,11H,10,12H2. The van der Waals surface area contributed by atoms with Gasteiger partial charge >= 0.3 is 0 Å². The van der Waals surface area contributed by atoms with Crippen LogP contribution in [-0.2, 0) is 12.3 Å². The first-order valence-corrected chi connectivity index (χ1v) is 7.48. The third-order valence-corrected chi connectivity index (χ3v) is 4.15. The van der Waals surface area contributed by atoms with Crippen molar-refractivity contribution in [2.24, 2.45) is 0 Å². The van der Waals surface area contributed by atoms with Gasteiger partial charge in [-0.1, -0.05) is 66.2 Å². The molecule has 0 saturated carbocycles. The molecule has 0 aliphatic heterocycles. The van der Waals surface area contributed by atoms with Crippen molar-refractivity contribution < 1.29 is 0 Å². The molecule has 0 nitrogen and oxygen atoms in total. The van der Waals surface area contributed by atoms with Crippen LogP contribution in [-0.4, -0.2) is 0 Å². The summed E-state index contributed by atoms with van der Waals surface area (Å²) in [5, 5.41) is 3.32. The zero-order valence-corrected chi connectivity index (χ0v) is 12.5. The molecule has 100 valence electrons. The maximum absolute atomic E-state index is 6.28. The summed E-state index contributed by atoms with van der Waals surface area (Å²) in [5.74, 6) is 0.516. The summed E-state index contributed by atoms with van der Waals surface area (Å²) in [6.45, 7) is 0. The minimum atomic E-state index is 0.516. The van der Waals surface area contributed by atoms with E-state index in [9.17, 15) is 0 Å². The van der Waals surface area contributed by atoms with Gasteiger partial charge in [0.05, 0.1) is 0 Å². The van der Waals surface area contributed by atoms with Gasteiger partial charge in [-0.25, -0.2) is 0 Å². The zero-order valence-electron chi connectivity index (χ0n) is 10.9. The molecule has 0 N–H and O–H groups in total. The summed E-state index contributed by atoms with van der Waals surface area (Å²) in [4.78, 5) is 0. The van der Waals surface area contributed by atoms with Gasteiger partial charge in [-0.3, -0.25) is 0 Å². The van der Waals surface area contributed by atoms with Crippen LogP contribution >= 0.6 is 23.2 Å². The number of halogens is 2. The molecule has 3 aromatic carbocycles. The largest absolute Gasteiger partial charge is 0.122 e. The molecule has 0 aliphatic rings. The highest BCUT2D eigenvalue weighted by molar-refractivity contribution is 6.31. The molecule has 0 bridgehead atoms. The number of rotatable bonds is 3. The van der Waals surface area contributed by atoms with Crippen molar-refractivity contribution in [3.8, 4) is 0 Å². The Kier molecular flexibility index (Phi) is 3.95. The lowest BCUT2D eigenvalue weighted by Crippen LogP contribution is -1.91. The third kappa shape index (κ3) is 2.82. The quantitative estimate of drug-likeness (QED) is 0.534. The average molecular weight is 301 g/mol. The summed E-state index contributed by atoms with van der Waals surface area (Å²) in [5.41, 5.74) is 3.49. The maximum Gasteiger partial charge on any atom is 0.0474 e. The molecule has 0 amide bonds. The van der Waals surface area contributed by atoms with E-state index in [4.69, 9.17) is 23.2 Å². The van der Waals surface area contributed by atoms with Gasteiger partial charge in [-0.2, -0.15) is 0 Å². The first-order valence-electron chi connectivity index (χ1n) is 6.57. The molecule has 2 heteroatoms. The summed E-state index contributed by atoms with van der Waals surface area (Å²) < 4.78 is 0. The Labute approximate surface area is 129 Å². The number of fused-ring (bicyclic) bond motifs is 1. The molecule has 0 atom stereocenters. The van der Waals surface area contributed by atoms with E-state index in [0.717, 1.165) is 22.6 Å².